The number of carbonyl (C=O) groups is 1. The molecule has 0 amide bonds. The summed E-state index contributed by atoms with van der Waals surface area (Å²) in [6, 6.07) is 0. The van der Waals surface area contributed by atoms with Gasteiger partial charge in [-0.2, -0.15) is 0 Å². The molecule has 1 aliphatic carbocycles. The smallest absolute Gasteiger partial charge is 0.167 e. The summed E-state index contributed by atoms with van der Waals surface area (Å²) >= 11 is 0. The quantitative estimate of drug-likeness (QED) is 0.675. The minimum absolute atomic E-state index is 0.0969. The first kappa shape index (κ1) is 12.7. The van der Waals surface area contributed by atoms with E-state index >= 15 is 0 Å². The lowest BCUT2D eigenvalue weighted by molar-refractivity contribution is -0.173. The van der Waals surface area contributed by atoms with E-state index in [1.807, 2.05) is 13.8 Å². The third kappa shape index (κ3) is 2.60. The average molecular weight is 212 g/mol. The van der Waals surface area contributed by atoms with E-state index in [1.54, 1.807) is 0 Å². The van der Waals surface area contributed by atoms with Crippen molar-refractivity contribution in [1.29, 1.82) is 0 Å². The van der Waals surface area contributed by atoms with E-state index < -0.39 is 5.60 Å². The van der Waals surface area contributed by atoms with E-state index in [1.165, 1.54) is 0 Å². The van der Waals surface area contributed by atoms with Crippen molar-refractivity contribution in [3.63, 3.8) is 0 Å². The fourth-order valence-corrected chi connectivity index (χ4v) is 2.22. The Bertz CT molecular complexity index is 213. The number of ether oxygens (including phenoxy) is 1. The van der Waals surface area contributed by atoms with Crippen molar-refractivity contribution in [2.75, 3.05) is 0 Å². The molecule has 0 spiro atoms. The molecule has 1 fully saturated rings. The molecule has 0 heterocycles. The lowest BCUT2D eigenvalue weighted by Crippen LogP contribution is -2.51. The van der Waals surface area contributed by atoms with Crippen LogP contribution in [0.3, 0.4) is 0 Å². The van der Waals surface area contributed by atoms with Crippen LogP contribution in [0.2, 0.25) is 0 Å². The van der Waals surface area contributed by atoms with Gasteiger partial charge in [0.25, 0.3) is 0 Å². The average Bonchev–Trinajstić information content (AvgIpc) is 2.16. The van der Waals surface area contributed by atoms with Crippen LogP contribution >= 0.6 is 0 Å². The highest BCUT2D eigenvalue weighted by Gasteiger charge is 2.46. The van der Waals surface area contributed by atoms with Crippen molar-refractivity contribution in [3.05, 3.63) is 0 Å². The lowest BCUT2D eigenvalue weighted by Gasteiger charge is -2.43. The Hall–Kier alpha value is -0.370. The van der Waals surface area contributed by atoms with Crippen LogP contribution in [0.4, 0.5) is 0 Å². The van der Waals surface area contributed by atoms with Crippen LogP contribution < -0.4 is 0 Å². The molecule has 0 aromatic heterocycles. The van der Waals surface area contributed by atoms with Gasteiger partial charge in [-0.15, -0.1) is 0 Å². The van der Waals surface area contributed by atoms with Crippen LogP contribution in [0.25, 0.3) is 0 Å². The predicted octanol–water partition coefficient (Wildman–Crippen LogP) is 3.34. The largest absolute Gasteiger partial charge is 0.364 e. The third-order valence-corrected chi connectivity index (χ3v) is 3.44. The normalized spacial score (nSPS) is 19.3. The zero-order chi connectivity index (χ0) is 11.5. The molecular weight excluding hydrogens is 188 g/mol. The molecule has 0 N–H and O–H groups in total. The fraction of sp³-hybridized carbons (Fsp3) is 0.923. The highest BCUT2D eigenvalue weighted by molar-refractivity contribution is 5.89. The summed E-state index contributed by atoms with van der Waals surface area (Å²) < 4.78 is 6.05. The number of Topliss-reactive ketones (excluding diaryl/α,β-unsaturated/α-hetero) is 1. The molecule has 1 saturated carbocycles. The van der Waals surface area contributed by atoms with Gasteiger partial charge in [-0.25, -0.2) is 0 Å². The highest BCUT2D eigenvalue weighted by Crippen LogP contribution is 2.40. The van der Waals surface area contributed by atoms with E-state index in [2.05, 4.69) is 13.8 Å². The van der Waals surface area contributed by atoms with E-state index in [9.17, 15) is 4.79 Å². The van der Waals surface area contributed by atoms with Gasteiger partial charge >= 0.3 is 0 Å². The molecule has 2 nitrogen and oxygen atoms in total. The Morgan fingerprint density at radius 1 is 1.27 bits per heavy atom. The maximum Gasteiger partial charge on any atom is 0.167 e. The van der Waals surface area contributed by atoms with Gasteiger partial charge in [-0.05, 0) is 32.1 Å². The number of carbonyl (C=O) groups excluding carboxylic acids is 1. The molecule has 88 valence electrons. The van der Waals surface area contributed by atoms with Gasteiger partial charge in [-0.3, -0.25) is 4.79 Å². The van der Waals surface area contributed by atoms with Gasteiger partial charge in [0.05, 0.1) is 6.10 Å². The van der Waals surface area contributed by atoms with Crippen LogP contribution in [0.5, 0.6) is 0 Å². The van der Waals surface area contributed by atoms with Crippen molar-refractivity contribution in [3.8, 4) is 0 Å². The Morgan fingerprint density at radius 2 is 1.80 bits per heavy atom. The Labute approximate surface area is 93.4 Å². The zero-order valence-corrected chi connectivity index (χ0v) is 10.5. The molecule has 0 aromatic carbocycles. The number of ketones is 1. The SMILES string of the molecule is CCC(CC)OC1(C(=O)C(C)C)CCC1. The summed E-state index contributed by atoms with van der Waals surface area (Å²) in [5, 5.41) is 0. The van der Waals surface area contributed by atoms with Crippen LogP contribution in [0, 0.1) is 5.92 Å². The first-order chi connectivity index (χ1) is 7.05. The molecule has 0 aliphatic heterocycles. The van der Waals surface area contributed by atoms with Crippen LogP contribution in [0.1, 0.15) is 59.8 Å². The first-order valence-corrected chi connectivity index (χ1v) is 6.28. The van der Waals surface area contributed by atoms with Gasteiger partial charge in [0.1, 0.15) is 5.60 Å². The van der Waals surface area contributed by atoms with E-state index in [0.29, 0.717) is 5.78 Å². The maximum absolute atomic E-state index is 12.1. The van der Waals surface area contributed by atoms with Crippen molar-refractivity contribution in [1.82, 2.24) is 0 Å². The van der Waals surface area contributed by atoms with Crippen LogP contribution in [0.15, 0.2) is 0 Å². The highest BCUT2D eigenvalue weighted by atomic mass is 16.5. The summed E-state index contributed by atoms with van der Waals surface area (Å²) in [5.74, 6) is 0.403. The molecule has 0 aromatic rings. The van der Waals surface area contributed by atoms with Crippen LogP contribution in [-0.2, 0) is 9.53 Å². The standard InChI is InChI=1S/C13H24O2/c1-5-11(6-2)15-13(8-7-9-13)12(14)10(3)4/h10-11H,5-9H2,1-4H3. The van der Waals surface area contributed by atoms with Gasteiger partial charge in [0, 0.05) is 5.92 Å². The Balaban J connectivity index is 2.64. The fourth-order valence-electron chi connectivity index (χ4n) is 2.22. The molecule has 0 saturated heterocycles. The molecule has 1 aliphatic rings. The second-order valence-corrected chi connectivity index (χ2v) is 4.92. The maximum atomic E-state index is 12.1. The topological polar surface area (TPSA) is 26.3 Å². The summed E-state index contributed by atoms with van der Waals surface area (Å²) in [5.41, 5.74) is -0.412. The van der Waals surface area contributed by atoms with Crippen molar-refractivity contribution in [2.45, 2.75) is 71.5 Å². The number of rotatable bonds is 6. The summed E-state index contributed by atoms with van der Waals surface area (Å²) in [6.45, 7) is 8.19. The summed E-state index contributed by atoms with van der Waals surface area (Å²) in [7, 11) is 0. The van der Waals surface area contributed by atoms with Gasteiger partial charge < -0.3 is 4.74 Å². The molecule has 0 atom stereocenters. The van der Waals surface area contributed by atoms with Gasteiger partial charge in [0.15, 0.2) is 5.78 Å². The van der Waals surface area contributed by atoms with E-state index in [0.717, 1.165) is 32.1 Å². The second kappa shape index (κ2) is 5.11. The minimum atomic E-state index is -0.412. The lowest BCUT2D eigenvalue weighted by atomic mass is 9.73. The predicted molar refractivity (Wildman–Crippen MR) is 61.9 cm³/mol. The van der Waals surface area contributed by atoms with Crippen LogP contribution in [-0.4, -0.2) is 17.5 Å². The van der Waals surface area contributed by atoms with E-state index in [-0.39, 0.29) is 12.0 Å². The van der Waals surface area contributed by atoms with Crippen molar-refractivity contribution < 1.29 is 9.53 Å². The molecule has 2 heteroatoms. The summed E-state index contributed by atoms with van der Waals surface area (Å²) in [6.07, 6.45) is 5.26. The van der Waals surface area contributed by atoms with E-state index in [4.69, 9.17) is 4.74 Å². The molecule has 0 bridgehead atoms. The van der Waals surface area contributed by atoms with Crippen molar-refractivity contribution >= 4 is 5.78 Å². The minimum Gasteiger partial charge on any atom is -0.364 e. The number of hydrogen-bond donors (Lipinski definition) is 0. The molecule has 0 unspecified atom stereocenters. The molecule has 1 rings (SSSR count). The second-order valence-electron chi connectivity index (χ2n) is 4.92. The van der Waals surface area contributed by atoms with Gasteiger partial charge in [-0.1, -0.05) is 27.7 Å². The Morgan fingerprint density at radius 3 is 2.07 bits per heavy atom. The molecule has 15 heavy (non-hydrogen) atoms. The third-order valence-electron chi connectivity index (χ3n) is 3.44. The molecule has 0 radical (unpaired) electrons. The summed E-state index contributed by atoms with van der Waals surface area (Å²) in [4.78, 5) is 12.1. The van der Waals surface area contributed by atoms with Crippen molar-refractivity contribution in [2.24, 2.45) is 5.92 Å². The first-order valence-electron chi connectivity index (χ1n) is 6.28. The monoisotopic (exact) mass is 212 g/mol. The number of hydrogen-bond acceptors (Lipinski definition) is 2. The zero-order valence-electron chi connectivity index (χ0n) is 10.5. The van der Waals surface area contributed by atoms with Gasteiger partial charge in [0.2, 0.25) is 0 Å². The Kier molecular flexibility index (Phi) is 4.32. The molecular formula is C13H24O2.